The summed E-state index contributed by atoms with van der Waals surface area (Å²) in [5, 5.41) is 3.44. The molecule has 0 saturated carbocycles. The molecule has 6 heteroatoms. The molecule has 0 radical (unpaired) electrons. The molecular weight excluding hydrogens is 400 g/mol. The molecule has 2 aromatic rings. The molecule has 0 fully saturated rings. The van der Waals surface area contributed by atoms with Crippen LogP contribution >= 0.6 is 11.6 Å². The molecule has 0 aliphatic rings. The van der Waals surface area contributed by atoms with E-state index in [1.165, 1.54) is 10.5 Å². The summed E-state index contributed by atoms with van der Waals surface area (Å²) in [5.74, 6) is 0.602. The zero-order chi connectivity index (χ0) is 22.1. The molecule has 162 valence electrons. The number of rotatable bonds is 10. The molecule has 0 spiro atoms. The maximum Gasteiger partial charge on any atom is 0.261 e. The normalized spacial score (nSPS) is 11.8. The van der Waals surface area contributed by atoms with Gasteiger partial charge in [-0.1, -0.05) is 56.6 Å². The number of hydrogen-bond acceptors (Lipinski definition) is 3. The third-order valence-electron chi connectivity index (χ3n) is 4.87. The first-order valence-corrected chi connectivity index (χ1v) is 10.7. The predicted octanol–water partition coefficient (Wildman–Crippen LogP) is 4.79. The molecular formula is C24H31ClN2O3. The maximum atomic E-state index is 13.0. The Morgan fingerprint density at radius 2 is 1.80 bits per heavy atom. The number of carbonyl (C=O) groups excluding carboxylic acids is 2. The van der Waals surface area contributed by atoms with Gasteiger partial charge in [0.25, 0.3) is 5.91 Å². The van der Waals surface area contributed by atoms with Gasteiger partial charge in [-0.25, -0.2) is 0 Å². The lowest BCUT2D eigenvalue weighted by Gasteiger charge is -2.28. The fraction of sp³-hybridized carbons (Fsp3) is 0.417. The summed E-state index contributed by atoms with van der Waals surface area (Å²) in [6.45, 7) is 8.66. The van der Waals surface area contributed by atoms with E-state index in [1.54, 1.807) is 19.1 Å². The van der Waals surface area contributed by atoms with Gasteiger partial charge in [-0.05, 0) is 54.7 Å². The summed E-state index contributed by atoms with van der Waals surface area (Å²) in [7, 11) is 0. The number of ether oxygens (including phenoxy) is 1. The van der Waals surface area contributed by atoms with Crippen molar-refractivity contribution in [2.24, 2.45) is 0 Å². The number of halogens is 1. The lowest BCUT2D eigenvalue weighted by Crippen LogP contribution is -2.49. The van der Waals surface area contributed by atoms with E-state index >= 15 is 0 Å². The van der Waals surface area contributed by atoms with Crippen molar-refractivity contribution in [2.45, 2.75) is 52.6 Å². The van der Waals surface area contributed by atoms with E-state index in [0.717, 1.165) is 12.0 Å². The molecule has 1 atom stereocenters. The summed E-state index contributed by atoms with van der Waals surface area (Å²) in [6.07, 6.45) is 0.830. The first-order chi connectivity index (χ1) is 14.3. The van der Waals surface area contributed by atoms with Crippen molar-refractivity contribution in [1.82, 2.24) is 10.2 Å². The molecule has 0 unspecified atom stereocenters. The lowest BCUT2D eigenvalue weighted by atomic mass is 10.0. The minimum absolute atomic E-state index is 0.146. The highest BCUT2D eigenvalue weighted by molar-refractivity contribution is 6.30. The van der Waals surface area contributed by atoms with Crippen LogP contribution in [0.5, 0.6) is 5.75 Å². The van der Waals surface area contributed by atoms with Crippen LogP contribution in [-0.2, 0) is 16.1 Å². The quantitative estimate of drug-likeness (QED) is 0.589. The van der Waals surface area contributed by atoms with Crippen LogP contribution in [0.25, 0.3) is 0 Å². The number of benzene rings is 2. The van der Waals surface area contributed by atoms with Gasteiger partial charge in [0.15, 0.2) is 6.61 Å². The predicted molar refractivity (Wildman–Crippen MR) is 121 cm³/mol. The Labute approximate surface area is 184 Å². The van der Waals surface area contributed by atoms with Crippen molar-refractivity contribution in [3.63, 3.8) is 0 Å². The summed E-state index contributed by atoms with van der Waals surface area (Å²) in [6, 6.07) is 14.4. The average Bonchev–Trinajstić information content (AvgIpc) is 2.74. The van der Waals surface area contributed by atoms with Gasteiger partial charge >= 0.3 is 0 Å². The smallest absolute Gasteiger partial charge is 0.261 e. The zero-order valence-corrected chi connectivity index (χ0v) is 18.9. The van der Waals surface area contributed by atoms with Crippen molar-refractivity contribution >= 4 is 23.4 Å². The second-order valence-electron chi connectivity index (χ2n) is 7.63. The Morgan fingerprint density at radius 3 is 2.40 bits per heavy atom. The van der Waals surface area contributed by atoms with Crippen LogP contribution in [0.15, 0.2) is 48.5 Å². The molecule has 30 heavy (non-hydrogen) atoms. The summed E-state index contributed by atoms with van der Waals surface area (Å²) in [4.78, 5) is 27.0. The molecule has 0 aliphatic heterocycles. The van der Waals surface area contributed by atoms with Crippen molar-refractivity contribution < 1.29 is 14.3 Å². The van der Waals surface area contributed by atoms with Crippen LogP contribution in [0.4, 0.5) is 0 Å². The van der Waals surface area contributed by atoms with E-state index in [-0.39, 0.29) is 25.0 Å². The van der Waals surface area contributed by atoms with Crippen LogP contribution in [0.3, 0.4) is 0 Å². The second kappa shape index (κ2) is 11.6. The van der Waals surface area contributed by atoms with E-state index < -0.39 is 6.04 Å². The average molecular weight is 431 g/mol. The van der Waals surface area contributed by atoms with Crippen LogP contribution in [-0.4, -0.2) is 35.9 Å². The van der Waals surface area contributed by atoms with Crippen LogP contribution in [0.1, 0.15) is 51.2 Å². The first kappa shape index (κ1) is 23.7. The Morgan fingerprint density at radius 1 is 1.10 bits per heavy atom. The van der Waals surface area contributed by atoms with E-state index in [4.69, 9.17) is 16.3 Å². The minimum Gasteiger partial charge on any atom is -0.484 e. The largest absolute Gasteiger partial charge is 0.484 e. The van der Waals surface area contributed by atoms with E-state index in [1.807, 2.05) is 43.3 Å². The van der Waals surface area contributed by atoms with Gasteiger partial charge in [-0.3, -0.25) is 9.59 Å². The lowest BCUT2D eigenvalue weighted by molar-refractivity contribution is -0.142. The van der Waals surface area contributed by atoms with Gasteiger partial charge in [-0.2, -0.15) is 0 Å². The topological polar surface area (TPSA) is 58.6 Å². The standard InChI is InChI=1S/C24H31ClN2O3/c1-5-13-26-24(29)18(4)27(15-19-7-6-8-21(25)14-19)23(28)16-30-22-11-9-20(10-12-22)17(2)3/h6-12,14,17-18H,5,13,15-16H2,1-4H3,(H,26,29)/t18-/m0/s1. The highest BCUT2D eigenvalue weighted by Gasteiger charge is 2.26. The molecule has 0 saturated heterocycles. The molecule has 0 aliphatic carbocycles. The first-order valence-electron chi connectivity index (χ1n) is 10.4. The third-order valence-corrected chi connectivity index (χ3v) is 5.10. The molecule has 0 heterocycles. The van der Waals surface area contributed by atoms with Gasteiger partial charge in [-0.15, -0.1) is 0 Å². The van der Waals surface area contributed by atoms with Crippen LogP contribution in [0, 0.1) is 0 Å². The van der Waals surface area contributed by atoms with E-state index in [2.05, 4.69) is 19.2 Å². The van der Waals surface area contributed by atoms with Gasteiger partial charge in [0, 0.05) is 18.1 Å². The molecule has 2 amide bonds. The summed E-state index contributed by atoms with van der Waals surface area (Å²) in [5.41, 5.74) is 2.06. The van der Waals surface area contributed by atoms with E-state index in [9.17, 15) is 9.59 Å². The van der Waals surface area contributed by atoms with Crippen LogP contribution < -0.4 is 10.1 Å². The van der Waals surface area contributed by atoms with E-state index in [0.29, 0.717) is 23.2 Å². The van der Waals surface area contributed by atoms with Crippen molar-refractivity contribution in [1.29, 1.82) is 0 Å². The summed E-state index contributed by atoms with van der Waals surface area (Å²) < 4.78 is 5.71. The minimum atomic E-state index is -0.630. The number of nitrogens with zero attached hydrogens (tertiary/aromatic N) is 1. The Balaban J connectivity index is 2.11. The second-order valence-corrected chi connectivity index (χ2v) is 8.07. The van der Waals surface area contributed by atoms with Crippen molar-refractivity contribution in [2.75, 3.05) is 13.2 Å². The van der Waals surface area contributed by atoms with Gasteiger partial charge in [0.05, 0.1) is 0 Å². The molecule has 0 aromatic heterocycles. The SMILES string of the molecule is CCCNC(=O)[C@H](C)N(Cc1cccc(Cl)c1)C(=O)COc1ccc(C(C)C)cc1. The third kappa shape index (κ3) is 7.06. The van der Waals surface area contributed by atoms with Gasteiger partial charge in [0.1, 0.15) is 11.8 Å². The molecule has 5 nitrogen and oxygen atoms in total. The fourth-order valence-electron chi connectivity index (χ4n) is 2.99. The van der Waals surface area contributed by atoms with Crippen molar-refractivity contribution in [3.05, 3.63) is 64.7 Å². The van der Waals surface area contributed by atoms with Crippen LogP contribution in [0.2, 0.25) is 5.02 Å². The number of amides is 2. The fourth-order valence-corrected chi connectivity index (χ4v) is 3.20. The number of nitrogens with one attached hydrogen (secondary N) is 1. The Hall–Kier alpha value is -2.53. The highest BCUT2D eigenvalue weighted by atomic mass is 35.5. The molecule has 2 rings (SSSR count). The number of carbonyl (C=O) groups is 2. The van der Waals surface area contributed by atoms with Gasteiger partial charge in [0.2, 0.25) is 5.91 Å². The Bertz CT molecular complexity index is 837. The Kier molecular flexibility index (Phi) is 9.18. The molecule has 1 N–H and O–H groups in total. The van der Waals surface area contributed by atoms with Gasteiger partial charge < -0.3 is 15.0 Å². The number of hydrogen-bond donors (Lipinski definition) is 1. The zero-order valence-electron chi connectivity index (χ0n) is 18.2. The molecule has 0 bridgehead atoms. The van der Waals surface area contributed by atoms with Crippen molar-refractivity contribution in [3.8, 4) is 5.75 Å². The summed E-state index contributed by atoms with van der Waals surface area (Å²) >= 11 is 6.09. The monoisotopic (exact) mass is 430 g/mol. The molecule has 2 aromatic carbocycles. The highest BCUT2D eigenvalue weighted by Crippen LogP contribution is 2.19. The maximum absolute atomic E-state index is 13.0.